The van der Waals surface area contributed by atoms with Crippen molar-refractivity contribution in [2.75, 3.05) is 6.79 Å². The van der Waals surface area contributed by atoms with E-state index in [2.05, 4.69) is 0 Å². The summed E-state index contributed by atoms with van der Waals surface area (Å²) in [4.78, 5) is 26.2. The lowest BCUT2D eigenvalue weighted by Gasteiger charge is -2.12. The topological polar surface area (TPSA) is 55.8 Å². The Kier molecular flexibility index (Phi) is 3.93. The molecular weight excluding hydrogens is 345 g/mol. The van der Waals surface area contributed by atoms with Crippen LogP contribution in [0, 0.1) is 5.82 Å². The molecule has 2 aromatic carbocycles. The van der Waals surface area contributed by atoms with E-state index < -0.39 is 0 Å². The number of nitrogens with zero attached hydrogens (tertiary/aromatic N) is 1. The van der Waals surface area contributed by atoms with Crippen molar-refractivity contribution in [3.63, 3.8) is 0 Å². The summed E-state index contributed by atoms with van der Waals surface area (Å²) in [5, 5.41) is -0.346. The van der Waals surface area contributed by atoms with E-state index in [1.165, 1.54) is 12.1 Å². The predicted molar refractivity (Wildman–Crippen MR) is 90.5 cm³/mol. The largest absolute Gasteiger partial charge is 0.454 e. The van der Waals surface area contributed by atoms with Crippen LogP contribution < -0.4 is 9.47 Å². The fraction of sp³-hybridized carbons (Fsp3) is 0.111. The lowest BCUT2D eigenvalue weighted by Crippen LogP contribution is -2.27. The number of carbonyl (C=O) groups excluding carboxylic acids is 2. The van der Waals surface area contributed by atoms with Crippen LogP contribution in [0.2, 0.25) is 0 Å². The lowest BCUT2D eigenvalue weighted by molar-refractivity contribution is -0.123. The number of rotatable bonds is 3. The number of fused-ring (bicyclic) bond motifs is 1. The molecule has 2 aliphatic rings. The van der Waals surface area contributed by atoms with Gasteiger partial charge in [-0.15, -0.1) is 0 Å². The van der Waals surface area contributed by atoms with Gasteiger partial charge in [0.1, 0.15) is 5.82 Å². The van der Waals surface area contributed by atoms with Gasteiger partial charge in [0.25, 0.3) is 11.1 Å². The number of carbonyl (C=O) groups is 2. The number of thioether (sulfide) groups is 1. The van der Waals surface area contributed by atoms with Crippen LogP contribution in [0.25, 0.3) is 6.08 Å². The molecular formula is C18H12FNO4S. The van der Waals surface area contributed by atoms with Crippen LogP contribution in [-0.4, -0.2) is 22.8 Å². The van der Waals surface area contributed by atoms with Gasteiger partial charge in [0.05, 0.1) is 11.4 Å². The minimum Gasteiger partial charge on any atom is -0.454 e. The molecule has 0 aromatic heterocycles. The molecule has 1 saturated heterocycles. The Bertz CT molecular complexity index is 894. The van der Waals surface area contributed by atoms with Gasteiger partial charge in [0.15, 0.2) is 11.5 Å². The summed E-state index contributed by atoms with van der Waals surface area (Å²) in [5.74, 6) is 0.540. The Morgan fingerprint density at radius 2 is 1.84 bits per heavy atom. The highest BCUT2D eigenvalue weighted by molar-refractivity contribution is 8.18. The monoisotopic (exact) mass is 357 g/mol. The Morgan fingerprint density at radius 3 is 2.64 bits per heavy atom. The Morgan fingerprint density at radius 1 is 1.08 bits per heavy atom. The lowest BCUT2D eigenvalue weighted by atomic mass is 10.1. The number of benzene rings is 2. The molecule has 0 saturated carbocycles. The molecule has 126 valence electrons. The van der Waals surface area contributed by atoms with Gasteiger partial charge in [-0.1, -0.05) is 18.2 Å². The zero-order valence-corrected chi connectivity index (χ0v) is 13.7. The van der Waals surface area contributed by atoms with E-state index in [1.54, 1.807) is 36.4 Å². The van der Waals surface area contributed by atoms with E-state index in [4.69, 9.17) is 9.47 Å². The molecule has 2 amide bonds. The zero-order valence-electron chi connectivity index (χ0n) is 12.9. The van der Waals surface area contributed by atoms with Crippen molar-refractivity contribution < 1.29 is 23.5 Å². The summed E-state index contributed by atoms with van der Waals surface area (Å²) in [6.45, 7) is 0.288. The maximum atomic E-state index is 13.0. The molecule has 0 atom stereocenters. The predicted octanol–water partition coefficient (Wildman–Crippen LogP) is 3.79. The van der Waals surface area contributed by atoms with Crippen LogP contribution in [0.15, 0.2) is 47.4 Å². The normalized spacial score (nSPS) is 17.6. The zero-order chi connectivity index (χ0) is 17.4. The van der Waals surface area contributed by atoms with E-state index in [9.17, 15) is 14.0 Å². The maximum Gasteiger partial charge on any atom is 0.293 e. The van der Waals surface area contributed by atoms with Gasteiger partial charge in [0, 0.05) is 0 Å². The van der Waals surface area contributed by atoms with Crippen molar-refractivity contribution in [1.82, 2.24) is 4.90 Å². The highest BCUT2D eigenvalue weighted by Crippen LogP contribution is 2.36. The molecule has 0 aliphatic carbocycles. The standard InChI is InChI=1S/C18H12FNO4S/c19-13-4-1-11(2-5-13)9-20-17(21)16(25-18(20)22)8-12-3-6-14-15(7-12)24-10-23-14/h1-8H,9-10H2. The molecule has 0 radical (unpaired) electrons. The number of hydrogen-bond donors (Lipinski definition) is 0. The minimum absolute atomic E-state index is 0.115. The fourth-order valence-corrected chi connectivity index (χ4v) is 3.40. The molecule has 0 spiro atoms. The molecule has 2 heterocycles. The molecule has 0 N–H and O–H groups in total. The third kappa shape index (κ3) is 3.10. The van der Waals surface area contributed by atoms with Crippen molar-refractivity contribution in [3.8, 4) is 11.5 Å². The number of imide groups is 1. The van der Waals surface area contributed by atoms with Gasteiger partial charge in [0.2, 0.25) is 6.79 Å². The first-order chi connectivity index (χ1) is 12.1. The van der Waals surface area contributed by atoms with Crippen molar-refractivity contribution in [1.29, 1.82) is 0 Å². The van der Waals surface area contributed by atoms with E-state index in [0.717, 1.165) is 22.2 Å². The summed E-state index contributed by atoms with van der Waals surface area (Å²) in [7, 11) is 0. The molecule has 25 heavy (non-hydrogen) atoms. The summed E-state index contributed by atoms with van der Waals surface area (Å²) >= 11 is 0.885. The second-order valence-corrected chi connectivity index (χ2v) is 6.50. The van der Waals surface area contributed by atoms with Crippen LogP contribution in [0.3, 0.4) is 0 Å². The number of amides is 2. The van der Waals surface area contributed by atoms with Crippen molar-refractivity contribution >= 4 is 29.0 Å². The Labute approximate surface area is 147 Å². The van der Waals surface area contributed by atoms with Gasteiger partial charge in [-0.25, -0.2) is 4.39 Å². The van der Waals surface area contributed by atoms with E-state index in [-0.39, 0.29) is 30.3 Å². The summed E-state index contributed by atoms with van der Waals surface area (Å²) < 4.78 is 23.5. The molecule has 4 rings (SSSR count). The first-order valence-electron chi connectivity index (χ1n) is 7.49. The Balaban J connectivity index is 1.55. The van der Waals surface area contributed by atoms with Crippen molar-refractivity contribution in [3.05, 3.63) is 64.3 Å². The van der Waals surface area contributed by atoms with E-state index >= 15 is 0 Å². The molecule has 2 aliphatic heterocycles. The van der Waals surface area contributed by atoms with Crippen molar-refractivity contribution in [2.45, 2.75) is 6.54 Å². The number of hydrogen-bond acceptors (Lipinski definition) is 5. The highest BCUT2D eigenvalue weighted by atomic mass is 32.2. The Hall–Kier alpha value is -2.80. The summed E-state index contributed by atoms with van der Waals surface area (Å²) in [6.07, 6.45) is 1.65. The van der Waals surface area contributed by atoms with Crippen LogP contribution >= 0.6 is 11.8 Å². The quantitative estimate of drug-likeness (QED) is 0.783. The minimum atomic E-state index is -0.364. The van der Waals surface area contributed by atoms with Gasteiger partial charge >= 0.3 is 0 Å². The van der Waals surface area contributed by atoms with Gasteiger partial charge < -0.3 is 9.47 Å². The molecule has 7 heteroatoms. The van der Waals surface area contributed by atoms with E-state index in [0.29, 0.717) is 22.0 Å². The average Bonchev–Trinajstić information content (AvgIpc) is 3.16. The van der Waals surface area contributed by atoms with Crippen molar-refractivity contribution in [2.24, 2.45) is 0 Å². The average molecular weight is 357 g/mol. The molecule has 2 aromatic rings. The fourth-order valence-electron chi connectivity index (χ4n) is 2.56. The van der Waals surface area contributed by atoms with Gasteiger partial charge in [-0.2, -0.15) is 0 Å². The number of ether oxygens (including phenoxy) is 2. The molecule has 0 bridgehead atoms. The smallest absolute Gasteiger partial charge is 0.293 e. The SMILES string of the molecule is O=C1SC(=Cc2ccc3c(c2)OCO3)C(=O)N1Cc1ccc(F)cc1. The number of halogens is 1. The third-order valence-electron chi connectivity index (χ3n) is 3.82. The summed E-state index contributed by atoms with van der Waals surface area (Å²) in [6, 6.07) is 11.0. The van der Waals surface area contributed by atoms with Crippen LogP contribution in [0.1, 0.15) is 11.1 Å². The van der Waals surface area contributed by atoms with Crippen LogP contribution in [-0.2, 0) is 11.3 Å². The summed E-state index contributed by atoms with van der Waals surface area (Å²) in [5.41, 5.74) is 1.43. The molecule has 1 fully saturated rings. The maximum absolute atomic E-state index is 13.0. The molecule has 0 unspecified atom stereocenters. The van der Waals surface area contributed by atoms with E-state index in [1.807, 2.05) is 0 Å². The molecule has 5 nitrogen and oxygen atoms in total. The second-order valence-electron chi connectivity index (χ2n) is 5.51. The first kappa shape index (κ1) is 15.7. The van der Waals surface area contributed by atoms with Crippen LogP contribution in [0.4, 0.5) is 9.18 Å². The third-order valence-corrected chi connectivity index (χ3v) is 4.73. The van der Waals surface area contributed by atoms with Gasteiger partial charge in [-0.05, 0) is 53.2 Å². The van der Waals surface area contributed by atoms with Crippen LogP contribution in [0.5, 0.6) is 11.5 Å². The first-order valence-corrected chi connectivity index (χ1v) is 8.31. The highest BCUT2D eigenvalue weighted by Gasteiger charge is 2.35. The second kappa shape index (κ2) is 6.25. The van der Waals surface area contributed by atoms with Gasteiger partial charge in [-0.3, -0.25) is 14.5 Å².